The fourth-order valence-corrected chi connectivity index (χ4v) is 12.5. The highest BCUT2D eigenvalue weighted by Gasteiger charge is 2.42. The number of para-hydroxylation sites is 1. The third-order valence-corrected chi connectivity index (χ3v) is 16.1. The van der Waals surface area contributed by atoms with E-state index in [0.717, 1.165) is 9.87 Å². The van der Waals surface area contributed by atoms with Crippen LogP contribution in [0.25, 0.3) is 33.5 Å². The van der Waals surface area contributed by atoms with Crippen molar-refractivity contribution in [3.05, 3.63) is 126 Å². The summed E-state index contributed by atoms with van der Waals surface area (Å²) >= 11 is 0. The number of ether oxygens (including phenoxy) is 5. The molecule has 3 atom stereocenters. The number of rotatable bonds is 19. The van der Waals surface area contributed by atoms with Crippen LogP contribution in [0.4, 0.5) is 9.59 Å². The first-order chi connectivity index (χ1) is 37.4. The molecule has 23 nitrogen and oxygen atoms in total. The van der Waals surface area contributed by atoms with Gasteiger partial charge >= 0.3 is 12.2 Å². The number of aromatic amines is 1. The Labute approximate surface area is 458 Å². The fourth-order valence-electron chi connectivity index (χ4n) is 8.78. The standard InChI is InChI=1S/C54H65N11O12S2/c1-53(2,3)76-51(67)57-44(32-66)49-56-42-12-10-11-40(47(42)58-49)39-25-26-45(78(69,70)61-43-31-63(30-41(43)55)52(68)77-54(4,5)6)48(46(39)50-59-62-65(60-50)29-35-17-23-38(75-9)24-18-35)79(71,72)64(27-33-13-19-36(73-7)20-14-33)28-34-15-21-37(74-8)22-16-34/h10-26,41,43-44,61,66H,27-32,55H2,1-9H3,(H,56,58)(H,57,67)/t41-,43+,44-/m1/s1. The van der Waals surface area contributed by atoms with Gasteiger partial charge in [-0.1, -0.05) is 54.6 Å². The van der Waals surface area contributed by atoms with Crippen molar-refractivity contribution in [2.75, 3.05) is 41.0 Å². The first-order valence-corrected chi connectivity index (χ1v) is 28.0. The summed E-state index contributed by atoms with van der Waals surface area (Å²) in [7, 11) is -5.53. The molecule has 0 spiro atoms. The molecule has 1 aliphatic rings. The Kier molecular flexibility index (Phi) is 17.0. The zero-order chi connectivity index (χ0) is 57.0. The van der Waals surface area contributed by atoms with E-state index in [1.165, 1.54) is 36.0 Å². The van der Waals surface area contributed by atoms with Crippen molar-refractivity contribution < 1.29 is 55.2 Å². The lowest BCUT2D eigenvalue weighted by atomic mass is 9.98. The molecule has 1 fully saturated rings. The maximum atomic E-state index is 16.5. The van der Waals surface area contributed by atoms with Crippen molar-refractivity contribution in [3.8, 4) is 39.8 Å². The maximum absolute atomic E-state index is 16.5. The monoisotopic (exact) mass is 1120 g/mol. The molecule has 1 saturated heterocycles. The minimum absolute atomic E-state index is 0.0498. The molecule has 0 radical (unpaired) electrons. The molecule has 2 aromatic heterocycles. The summed E-state index contributed by atoms with van der Waals surface area (Å²) in [6, 6.07) is 25.1. The van der Waals surface area contributed by atoms with E-state index < -0.39 is 78.0 Å². The van der Waals surface area contributed by atoms with Gasteiger partial charge in [0.25, 0.3) is 0 Å². The van der Waals surface area contributed by atoms with Gasteiger partial charge in [0.15, 0.2) is 0 Å². The molecular formula is C54H65N11O12S2. The summed E-state index contributed by atoms with van der Waals surface area (Å²) in [5.41, 5.74) is 7.35. The topological polar surface area (TPSA) is 298 Å². The third kappa shape index (κ3) is 13.6. The summed E-state index contributed by atoms with van der Waals surface area (Å²) < 4.78 is 94.8. The molecule has 7 aromatic rings. The number of methoxy groups -OCH3 is 3. The number of aromatic nitrogens is 6. The number of imidazole rings is 1. The molecule has 5 aromatic carbocycles. The van der Waals surface area contributed by atoms with E-state index in [0.29, 0.717) is 33.9 Å². The normalized spacial score (nSPS) is 15.5. The number of H-pyrrole nitrogens is 1. The van der Waals surface area contributed by atoms with E-state index in [-0.39, 0.29) is 66.6 Å². The Hall–Kier alpha value is -7.68. The number of hydrogen-bond acceptors (Lipinski definition) is 17. The molecule has 1 aliphatic heterocycles. The average molecular weight is 1120 g/mol. The Bertz CT molecular complexity index is 3480. The summed E-state index contributed by atoms with van der Waals surface area (Å²) in [5, 5.41) is 26.8. The number of amides is 2. The van der Waals surface area contributed by atoms with Gasteiger partial charge in [0, 0.05) is 37.8 Å². The second-order valence-corrected chi connectivity index (χ2v) is 24.3. The van der Waals surface area contributed by atoms with Crippen LogP contribution >= 0.6 is 0 Å². The van der Waals surface area contributed by atoms with Crippen LogP contribution in [0.2, 0.25) is 0 Å². The van der Waals surface area contributed by atoms with Gasteiger partial charge in [0.1, 0.15) is 50.1 Å². The highest BCUT2D eigenvalue weighted by Crippen LogP contribution is 2.43. The number of likely N-dealkylation sites (tertiary alicyclic amines) is 1. The highest BCUT2D eigenvalue weighted by atomic mass is 32.2. The molecule has 3 heterocycles. The van der Waals surface area contributed by atoms with Crippen LogP contribution in [0, 0.1) is 0 Å². The first-order valence-electron chi connectivity index (χ1n) is 25.1. The van der Waals surface area contributed by atoms with Crippen LogP contribution in [-0.2, 0) is 49.2 Å². The SMILES string of the molecule is COc1ccc(CN(Cc2ccc(OC)cc2)S(=O)(=O)c2c(S(=O)(=O)N[C@H]3CN(C(=O)OC(C)(C)C)C[C@H]3N)ccc(-c3cccc4[nH]c([C@@H](CO)NC(=O)OC(C)(C)C)nc34)c2-c2nnn(Cc3ccc(OC)cc3)n2)cc1. The first kappa shape index (κ1) is 57.5. The number of aliphatic hydroxyl groups is 1. The van der Waals surface area contributed by atoms with Gasteiger partial charge in [-0.05, 0) is 118 Å². The van der Waals surface area contributed by atoms with Crippen LogP contribution in [0.1, 0.15) is 70.1 Å². The second-order valence-electron chi connectivity index (χ2n) is 20.8. The maximum Gasteiger partial charge on any atom is 0.410 e. The fraction of sp³-hybridized carbons (Fsp3) is 0.370. The number of fused-ring (bicyclic) bond motifs is 1. The van der Waals surface area contributed by atoms with Gasteiger partial charge in [0.2, 0.25) is 25.9 Å². The molecule has 0 aliphatic carbocycles. The zero-order valence-corrected chi connectivity index (χ0v) is 46.9. The number of nitrogens with zero attached hydrogens (tertiary/aromatic N) is 7. The number of nitrogens with two attached hydrogens (primary N) is 1. The molecular weight excluding hydrogens is 1060 g/mol. The van der Waals surface area contributed by atoms with Crippen LogP contribution in [0.3, 0.4) is 0 Å². The molecule has 6 N–H and O–H groups in total. The minimum atomic E-state index is -5.11. The summed E-state index contributed by atoms with van der Waals surface area (Å²) in [6.07, 6.45) is -1.53. The van der Waals surface area contributed by atoms with E-state index >= 15 is 16.8 Å². The van der Waals surface area contributed by atoms with Gasteiger partial charge < -0.3 is 49.7 Å². The van der Waals surface area contributed by atoms with Crippen molar-refractivity contribution in [2.24, 2.45) is 5.73 Å². The third-order valence-electron chi connectivity index (χ3n) is 12.6. The average Bonchev–Trinajstić information content (AvgIpc) is 4.37. The van der Waals surface area contributed by atoms with Crippen LogP contribution < -0.4 is 30.0 Å². The summed E-state index contributed by atoms with van der Waals surface area (Å²) in [4.78, 5) is 35.4. The quantitative estimate of drug-likeness (QED) is 0.0608. The lowest BCUT2D eigenvalue weighted by Crippen LogP contribution is -2.47. The van der Waals surface area contributed by atoms with E-state index in [9.17, 15) is 14.7 Å². The summed E-state index contributed by atoms with van der Waals surface area (Å²) in [6.45, 7) is 8.80. The number of alkyl carbamates (subject to hydrolysis) is 1. The van der Waals surface area contributed by atoms with Gasteiger partial charge in [0.05, 0.1) is 57.1 Å². The molecule has 0 unspecified atom stereocenters. The van der Waals surface area contributed by atoms with Gasteiger partial charge in [-0.15, -0.1) is 10.2 Å². The zero-order valence-electron chi connectivity index (χ0n) is 45.3. The van der Waals surface area contributed by atoms with Crippen molar-refractivity contribution >= 4 is 43.3 Å². The van der Waals surface area contributed by atoms with E-state index in [1.807, 2.05) is 0 Å². The molecule has 2 amide bonds. The number of aliphatic hydroxyl groups excluding tert-OH is 1. The predicted molar refractivity (Wildman–Crippen MR) is 292 cm³/mol. The van der Waals surface area contributed by atoms with Gasteiger partial charge in [-0.2, -0.15) is 9.10 Å². The van der Waals surface area contributed by atoms with Gasteiger partial charge in [-0.3, -0.25) is 0 Å². The Morgan fingerprint density at radius 2 is 1.34 bits per heavy atom. The van der Waals surface area contributed by atoms with Gasteiger partial charge in [-0.25, -0.2) is 36.1 Å². The predicted octanol–water partition coefficient (Wildman–Crippen LogP) is 6.13. The van der Waals surface area contributed by atoms with E-state index in [4.69, 9.17) is 39.5 Å². The van der Waals surface area contributed by atoms with Crippen molar-refractivity contribution in [1.29, 1.82) is 0 Å². The van der Waals surface area contributed by atoms with E-state index in [2.05, 4.69) is 25.3 Å². The minimum Gasteiger partial charge on any atom is -0.497 e. The number of benzene rings is 5. The number of hydrogen-bond donors (Lipinski definition) is 5. The second kappa shape index (κ2) is 23.3. The van der Waals surface area contributed by atoms with Crippen LogP contribution in [0.5, 0.6) is 17.2 Å². The summed E-state index contributed by atoms with van der Waals surface area (Å²) in [5.74, 6) is 1.48. The molecule has 25 heteroatoms. The van der Waals surface area contributed by atoms with E-state index in [1.54, 1.807) is 140 Å². The van der Waals surface area contributed by atoms with Crippen molar-refractivity contribution in [2.45, 2.75) is 100 Å². The molecule has 79 heavy (non-hydrogen) atoms. The Balaban J connectivity index is 1.38. The Morgan fingerprint density at radius 3 is 1.89 bits per heavy atom. The highest BCUT2D eigenvalue weighted by molar-refractivity contribution is 7.92. The molecule has 0 bridgehead atoms. The number of tetrazole rings is 1. The molecule has 420 valence electrons. The molecule has 0 saturated carbocycles. The van der Waals surface area contributed by atoms with Crippen LogP contribution in [-0.4, -0.2) is 138 Å². The lowest BCUT2D eigenvalue weighted by molar-refractivity contribution is 0.0289. The smallest absolute Gasteiger partial charge is 0.410 e. The lowest BCUT2D eigenvalue weighted by Gasteiger charge is -2.27. The number of carbonyl (C=O) groups excluding carboxylic acids is 2. The van der Waals surface area contributed by atoms with Crippen molar-refractivity contribution in [1.82, 2.24) is 49.4 Å². The number of nitrogens with one attached hydrogen (secondary N) is 3. The number of carbonyl (C=O) groups is 2. The number of sulfonamides is 2. The Morgan fingerprint density at radius 1 is 0.772 bits per heavy atom. The van der Waals surface area contributed by atoms with Crippen molar-refractivity contribution in [3.63, 3.8) is 0 Å². The largest absolute Gasteiger partial charge is 0.497 e. The van der Waals surface area contributed by atoms with Crippen LogP contribution in [0.15, 0.2) is 113 Å². The molecule has 8 rings (SSSR count).